The summed E-state index contributed by atoms with van der Waals surface area (Å²) >= 11 is 0. The van der Waals surface area contributed by atoms with Gasteiger partial charge in [0.05, 0.1) is 25.7 Å². The van der Waals surface area contributed by atoms with E-state index in [2.05, 4.69) is 6.07 Å². The van der Waals surface area contributed by atoms with Crippen LogP contribution in [0.25, 0.3) is 0 Å². The number of ether oxygens (including phenoxy) is 2. The topological polar surface area (TPSA) is 52.6 Å². The van der Waals surface area contributed by atoms with Gasteiger partial charge in [0.1, 0.15) is 0 Å². The molecule has 0 heterocycles. The van der Waals surface area contributed by atoms with Crippen molar-refractivity contribution in [1.82, 2.24) is 0 Å². The molecule has 2 aromatic rings. The molecule has 0 amide bonds. The lowest BCUT2D eigenvalue weighted by Crippen LogP contribution is -2.23. The van der Waals surface area contributed by atoms with Crippen LogP contribution in [0.15, 0.2) is 42.5 Å². The predicted octanol–water partition coefficient (Wildman–Crippen LogP) is 3.66. The van der Waals surface area contributed by atoms with Gasteiger partial charge >= 0.3 is 11.9 Å². The van der Waals surface area contributed by atoms with Crippen molar-refractivity contribution in [3.05, 3.63) is 70.3 Å². The smallest absolute Gasteiger partial charge is 0.338 e. The number of hydrogen-bond donors (Lipinski definition) is 0. The molecule has 0 bridgehead atoms. The largest absolute Gasteiger partial charge is 0.469 e. The number of esters is 2. The minimum absolute atomic E-state index is 0.277. The quantitative estimate of drug-likeness (QED) is 0.753. The lowest BCUT2D eigenvalue weighted by Gasteiger charge is -2.18. The summed E-state index contributed by atoms with van der Waals surface area (Å²) in [6, 6.07) is 13.5. The molecule has 0 N–H and O–H groups in total. The number of methoxy groups -OCH3 is 2. The minimum atomic E-state index is -0.391. The molecule has 0 saturated carbocycles. The molecule has 0 fully saturated rings. The van der Waals surface area contributed by atoms with Gasteiger partial charge in [-0.15, -0.1) is 0 Å². The maximum absolute atomic E-state index is 12.3. The van der Waals surface area contributed by atoms with E-state index in [-0.39, 0.29) is 11.9 Å². The third-order valence-electron chi connectivity index (χ3n) is 4.37. The Kier molecular flexibility index (Phi) is 6.34. The number of carbonyl (C=O) groups excluding carboxylic acids is 2. The number of rotatable bonds is 6. The van der Waals surface area contributed by atoms with Crippen molar-refractivity contribution in [1.29, 1.82) is 0 Å². The van der Waals surface area contributed by atoms with Crippen LogP contribution in [0.1, 0.15) is 32.6 Å². The standard InChI is InChI=1S/C21H24O4/c1-14-7-5-9-16(11-14)12-17(20(22)24-3)13-19-15(2)8-6-10-18(19)21(23)25-4/h5-11,17H,12-13H2,1-4H3. The second-order valence-electron chi connectivity index (χ2n) is 6.21. The Morgan fingerprint density at radius 2 is 1.68 bits per heavy atom. The van der Waals surface area contributed by atoms with Gasteiger partial charge in [-0.2, -0.15) is 0 Å². The van der Waals surface area contributed by atoms with Crippen LogP contribution in [0, 0.1) is 19.8 Å². The zero-order valence-electron chi connectivity index (χ0n) is 15.2. The molecule has 2 aromatic carbocycles. The Balaban J connectivity index is 2.35. The van der Waals surface area contributed by atoms with Gasteiger partial charge in [-0.05, 0) is 49.4 Å². The van der Waals surface area contributed by atoms with E-state index in [0.29, 0.717) is 18.4 Å². The molecule has 0 radical (unpaired) electrons. The van der Waals surface area contributed by atoms with E-state index in [1.54, 1.807) is 6.07 Å². The van der Waals surface area contributed by atoms with Crippen molar-refractivity contribution >= 4 is 11.9 Å². The predicted molar refractivity (Wildman–Crippen MR) is 96.6 cm³/mol. The molecular weight excluding hydrogens is 316 g/mol. The van der Waals surface area contributed by atoms with Crippen LogP contribution in [0.2, 0.25) is 0 Å². The first-order valence-electron chi connectivity index (χ1n) is 8.26. The lowest BCUT2D eigenvalue weighted by molar-refractivity contribution is -0.145. The SMILES string of the molecule is COC(=O)c1cccc(C)c1CC(Cc1cccc(C)c1)C(=O)OC. The molecule has 4 nitrogen and oxygen atoms in total. The van der Waals surface area contributed by atoms with Gasteiger partial charge in [-0.25, -0.2) is 4.79 Å². The van der Waals surface area contributed by atoms with E-state index in [1.165, 1.54) is 14.2 Å². The zero-order chi connectivity index (χ0) is 18.4. The fourth-order valence-corrected chi connectivity index (χ4v) is 3.05. The molecule has 2 rings (SSSR count). The summed E-state index contributed by atoms with van der Waals surface area (Å²) in [5, 5.41) is 0. The van der Waals surface area contributed by atoms with Gasteiger partial charge in [-0.1, -0.05) is 42.0 Å². The van der Waals surface area contributed by atoms with Crippen LogP contribution in [-0.4, -0.2) is 26.2 Å². The second kappa shape index (κ2) is 8.47. The summed E-state index contributed by atoms with van der Waals surface area (Å²) in [6.07, 6.45) is 0.987. The monoisotopic (exact) mass is 340 g/mol. The molecule has 0 aliphatic carbocycles. The van der Waals surface area contributed by atoms with Crippen LogP contribution in [0.5, 0.6) is 0 Å². The molecule has 0 saturated heterocycles. The molecule has 0 aromatic heterocycles. The summed E-state index contributed by atoms with van der Waals surface area (Å²) in [5.74, 6) is -1.03. The Morgan fingerprint density at radius 3 is 2.32 bits per heavy atom. The molecule has 0 aliphatic rings. The van der Waals surface area contributed by atoms with Crippen molar-refractivity contribution in [2.45, 2.75) is 26.7 Å². The molecule has 0 spiro atoms. The fraction of sp³-hybridized carbons (Fsp3) is 0.333. The molecule has 1 atom stereocenters. The maximum atomic E-state index is 12.3. The van der Waals surface area contributed by atoms with Crippen molar-refractivity contribution in [2.24, 2.45) is 5.92 Å². The van der Waals surface area contributed by atoms with Crippen LogP contribution in [0.3, 0.4) is 0 Å². The first kappa shape index (κ1) is 18.7. The van der Waals surface area contributed by atoms with E-state index in [4.69, 9.17) is 9.47 Å². The Labute approximate surface area is 148 Å². The van der Waals surface area contributed by atoms with E-state index < -0.39 is 5.97 Å². The lowest BCUT2D eigenvalue weighted by atomic mass is 9.88. The normalized spacial score (nSPS) is 11.7. The van der Waals surface area contributed by atoms with E-state index in [9.17, 15) is 9.59 Å². The third-order valence-corrected chi connectivity index (χ3v) is 4.37. The van der Waals surface area contributed by atoms with Crippen LogP contribution < -0.4 is 0 Å². The summed E-state index contributed by atoms with van der Waals surface area (Å²) in [4.78, 5) is 24.4. The summed E-state index contributed by atoms with van der Waals surface area (Å²) in [6.45, 7) is 3.95. The molecular formula is C21H24O4. The average molecular weight is 340 g/mol. The Hall–Kier alpha value is -2.62. The minimum Gasteiger partial charge on any atom is -0.469 e. The van der Waals surface area contributed by atoms with Crippen LogP contribution in [-0.2, 0) is 27.1 Å². The van der Waals surface area contributed by atoms with Gasteiger partial charge in [0, 0.05) is 0 Å². The van der Waals surface area contributed by atoms with E-state index >= 15 is 0 Å². The molecule has 0 aliphatic heterocycles. The number of carbonyl (C=O) groups is 2. The van der Waals surface area contributed by atoms with Gasteiger partial charge < -0.3 is 9.47 Å². The highest BCUT2D eigenvalue weighted by atomic mass is 16.5. The van der Waals surface area contributed by atoms with Gasteiger partial charge in [0.2, 0.25) is 0 Å². The summed E-state index contributed by atoms with van der Waals surface area (Å²) in [5.41, 5.74) is 4.51. The first-order chi connectivity index (χ1) is 12.0. The first-order valence-corrected chi connectivity index (χ1v) is 8.26. The highest BCUT2D eigenvalue weighted by Gasteiger charge is 2.24. The highest BCUT2D eigenvalue weighted by molar-refractivity contribution is 5.91. The third kappa shape index (κ3) is 4.69. The van der Waals surface area contributed by atoms with Crippen molar-refractivity contribution in [3.63, 3.8) is 0 Å². The van der Waals surface area contributed by atoms with E-state index in [0.717, 1.165) is 22.3 Å². The van der Waals surface area contributed by atoms with Crippen molar-refractivity contribution in [3.8, 4) is 0 Å². The fourth-order valence-electron chi connectivity index (χ4n) is 3.05. The van der Waals surface area contributed by atoms with Gasteiger partial charge in [0.25, 0.3) is 0 Å². The molecule has 4 heteroatoms. The number of hydrogen-bond acceptors (Lipinski definition) is 4. The van der Waals surface area contributed by atoms with Crippen molar-refractivity contribution in [2.75, 3.05) is 14.2 Å². The molecule has 132 valence electrons. The second-order valence-corrected chi connectivity index (χ2v) is 6.21. The summed E-state index contributed by atoms with van der Waals surface area (Å²) < 4.78 is 9.88. The number of aryl methyl sites for hydroxylation is 2. The van der Waals surface area contributed by atoms with E-state index in [1.807, 2.05) is 44.2 Å². The Bertz CT molecular complexity index is 764. The Morgan fingerprint density at radius 1 is 0.960 bits per heavy atom. The highest BCUT2D eigenvalue weighted by Crippen LogP contribution is 2.23. The van der Waals surface area contributed by atoms with Crippen LogP contribution in [0.4, 0.5) is 0 Å². The summed E-state index contributed by atoms with van der Waals surface area (Å²) in [7, 11) is 2.75. The van der Waals surface area contributed by atoms with Crippen LogP contribution >= 0.6 is 0 Å². The van der Waals surface area contributed by atoms with Crippen molar-refractivity contribution < 1.29 is 19.1 Å². The zero-order valence-corrected chi connectivity index (χ0v) is 15.2. The number of benzene rings is 2. The van der Waals surface area contributed by atoms with Gasteiger partial charge in [-0.3, -0.25) is 4.79 Å². The molecule has 1 unspecified atom stereocenters. The van der Waals surface area contributed by atoms with Gasteiger partial charge in [0.15, 0.2) is 0 Å². The average Bonchev–Trinajstić information content (AvgIpc) is 2.61. The molecule has 25 heavy (non-hydrogen) atoms. The maximum Gasteiger partial charge on any atom is 0.338 e.